The molecule has 120 valence electrons. The van der Waals surface area contributed by atoms with Crippen molar-refractivity contribution in [3.63, 3.8) is 0 Å². The molecule has 0 saturated heterocycles. The molecule has 2 aliphatic carbocycles. The van der Waals surface area contributed by atoms with Gasteiger partial charge < -0.3 is 10.2 Å². The predicted octanol–water partition coefficient (Wildman–Crippen LogP) is 3.56. The lowest BCUT2D eigenvalue weighted by Crippen LogP contribution is -2.45. The van der Waals surface area contributed by atoms with Crippen LogP contribution in [-0.2, 0) is 6.54 Å². The fourth-order valence-corrected chi connectivity index (χ4v) is 3.63. The van der Waals surface area contributed by atoms with E-state index in [9.17, 15) is 4.79 Å². The molecule has 1 heterocycles. The molecule has 2 aromatic rings. The molecule has 4 rings (SSSR count). The average molecular weight is 309 g/mol. The molecule has 1 aromatic carbocycles. The van der Waals surface area contributed by atoms with E-state index in [0.717, 1.165) is 28.3 Å². The minimum absolute atomic E-state index is 0.0433. The second-order valence-electron chi connectivity index (χ2n) is 6.93. The largest absolute Gasteiger partial charge is 0.334 e. The van der Waals surface area contributed by atoms with Crippen molar-refractivity contribution in [2.75, 3.05) is 7.05 Å². The lowest BCUT2D eigenvalue weighted by atomic mass is 10.1. The maximum Gasteiger partial charge on any atom is 0.317 e. The first kappa shape index (κ1) is 14.5. The van der Waals surface area contributed by atoms with Crippen molar-refractivity contribution in [1.82, 2.24) is 15.2 Å². The van der Waals surface area contributed by atoms with Crippen LogP contribution in [0.3, 0.4) is 0 Å². The molecule has 0 aliphatic heterocycles. The van der Waals surface area contributed by atoms with Crippen molar-refractivity contribution in [3.8, 4) is 0 Å². The molecule has 0 spiro atoms. The molecule has 2 fully saturated rings. The van der Waals surface area contributed by atoms with Crippen LogP contribution in [0.25, 0.3) is 10.9 Å². The molecule has 0 bridgehead atoms. The fourth-order valence-electron chi connectivity index (χ4n) is 3.63. The number of hydrogen-bond donors (Lipinski definition) is 1. The number of benzene rings is 1. The molecule has 4 heteroatoms. The summed E-state index contributed by atoms with van der Waals surface area (Å²) < 4.78 is 0. The van der Waals surface area contributed by atoms with E-state index in [1.165, 1.54) is 25.7 Å². The molecule has 1 aromatic heterocycles. The SMILES string of the molecule is CN(C(=O)NCc1cccc2cccnc12)C(C1CC1)C1CC1. The Balaban J connectivity index is 1.44. The summed E-state index contributed by atoms with van der Waals surface area (Å²) in [6.07, 6.45) is 6.94. The van der Waals surface area contributed by atoms with E-state index in [4.69, 9.17) is 0 Å². The summed E-state index contributed by atoms with van der Waals surface area (Å²) in [7, 11) is 1.96. The van der Waals surface area contributed by atoms with Crippen LogP contribution in [0, 0.1) is 11.8 Å². The average Bonchev–Trinajstić information content (AvgIpc) is 3.47. The van der Waals surface area contributed by atoms with Gasteiger partial charge in [0.05, 0.1) is 5.52 Å². The van der Waals surface area contributed by atoms with E-state index in [2.05, 4.69) is 22.4 Å². The first-order valence-corrected chi connectivity index (χ1v) is 8.57. The van der Waals surface area contributed by atoms with E-state index in [0.29, 0.717) is 12.6 Å². The Morgan fingerprint density at radius 2 is 1.91 bits per heavy atom. The number of rotatable bonds is 5. The number of nitrogens with one attached hydrogen (secondary N) is 1. The molecule has 1 N–H and O–H groups in total. The molecule has 0 unspecified atom stereocenters. The number of pyridine rings is 1. The zero-order chi connectivity index (χ0) is 15.8. The fraction of sp³-hybridized carbons (Fsp3) is 0.474. The molecular formula is C19H23N3O. The molecule has 2 saturated carbocycles. The highest BCUT2D eigenvalue weighted by Crippen LogP contribution is 2.46. The number of hydrogen-bond acceptors (Lipinski definition) is 2. The van der Waals surface area contributed by atoms with Gasteiger partial charge in [-0.15, -0.1) is 0 Å². The highest BCUT2D eigenvalue weighted by atomic mass is 16.2. The normalized spacial score (nSPS) is 17.5. The second kappa shape index (κ2) is 5.84. The Kier molecular flexibility index (Phi) is 3.68. The van der Waals surface area contributed by atoms with Crippen LogP contribution in [0.4, 0.5) is 4.79 Å². The van der Waals surface area contributed by atoms with Crippen molar-refractivity contribution in [2.45, 2.75) is 38.3 Å². The van der Waals surface area contributed by atoms with Gasteiger partial charge in [0.2, 0.25) is 0 Å². The lowest BCUT2D eigenvalue weighted by Gasteiger charge is -2.28. The van der Waals surface area contributed by atoms with Crippen LogP contribution >= 0.6 is 0 Å². The Morgan fingerprint density at radius 1 is 1.22 bits per heavy atom. The number of amides is 2. The van der Waals surface area contributed by atoms with Crippen LogP contribution in [0.5, 0.6) is 0 Å². The van der Waals surface area contributed by atoms with Gasteiger partial charge in [-0.1, -0.05) is 24.3 Å². The quantitative estimate of drug-likeness (QED) is 0.918. The van der Waals surface area contributed by atoms with Gasteiger partial charge in [0.25, 0.3) is 0 Å². The number of aromatic nitrogens is 1. The van der Waals surface area contributed by atoms with Crippen molar-refractivity contribution in [1.29, 1.82) is 0 Å². The van der Waals surface area contributed by atoms with E-state index in [1.54, 1.807) is 6.20 Å². The maximum absolute atomic E-state index is 12.6. The topological polar surface area (TPSA) is 45.2 Å². The summed E-state index contributed by atoms with van der Waals surface area (Å²) in [6, 6.07) is 10.6. The van der Waals surface area contributed by atoms with Crippen molar-refractivity contribution in [3.05, 3.63) is 42.1 Å². The van der Waals surface area contributed by atoms with Crippen LogP contribution in [0.1, 0.15) is 31.2 Å². The number of urea groups is 1. The summed E-state index contributed by atoms with van der Waals surface area (Å²) in [4.78, 5) is 19.0. The Bertz CT molecular complexity index is 704. The smallest absolute Gasteiger partial charge is 0.317 e. The molecule has 23 heavy (non-hydrogen) atoms. The summed E-state index contributed by atoms with van der Waals surface area (Å²) in [6.45, 7) is 0.527. The van der Waals surface area contributed by atoms with Gasteiger partial charge in [-0.3, -0.25) is 4.98 Å². The van der Waals surface area contributed by atoms with E-state index >= 15 is 0 Å². The highest BCUT2D eigenvalue weighted by Gasteiger charge is 2.44. The third-order valence-corrected chi connectivity index (χ3v) is 5.12. The number of fused-ring (bicyclic) bond motifs is 1. The van der Waals surface area contributed by atoms with Crippen molar-refractivity contribution < 1.29 is 4.79 Å². The molecule has 0 radical (unpaired) electrons. The summed E-state index contributed by atoms with van der Waals surface area (Å²) >= 11 is 0. The van der Waals surface area contributed by atoms with E-state index in [1.807, 2.05) is 30.1 Å². The van der Waals surface area contributed by atoms with Crippen LogP contribution in [0.2, 0.25) is 0 Å². The standard InChI is InChI=1S/C19H23N3O/c1-22(18(14-7-8-14)15-9-10-15)19(23)21-12-16-5-2-4-13-6-3-11-20-17(13)16/h2-6,11,14-15,18H,7-10,12H2,1H3,(H,21,23). The van der Waals surface area contributed by atoms with Crippen molar-refractivity contribution >= 4 is 16.9 Å². The third kappa shape index (κ3) is 3.03. The monoisotopic (exact) mass is 309 g/mol. The van der Waals surface area contributed by atoms with Gasteiger partial charge in [0.15, 0.2) is 0 Å². The maximum atomic E-state index is 12.6. The van der Waals surface area contributed by atoms with Gasteiger partial charge in [-0.2, -0.15) is 0 Å². The molecule has 2 amide bonds. The van der Waals surface area contributed by atoms with Crippen molar-refractivity contribution in [2.24, 2.45) is 11.8 Å². The van der Waals surface area contributed by atoms with Crippen LogP contribution < -0.4 is 5.32 Å². The zero-order valence-corrected chi connectivity index (χ0v) is 13.5. The Hall–Kier alpha value is -2.10. The van der Waals surface area contributed by atoms with Gasteiger partial charge in [-0.05, 0) is 49.1 Å². The number of carbonyl (C=O) groups is 1. The minimum atomic E-state index is 0.0433. The number of carbonyl (C=O) groups excluding carboxylic acids is 1. The van der Waals surface area contributed by atoms with E-state index in [-0.39, 0.29) is 6.03 Å². The molecule has 0 atom stereocenters. The molecule has 2 aliphatic rings. The van der Waals surface area contributed by atoms with Crippen LogP contribution in [-0.4, -0.2) is 29.0 Å². The zero-order valence-electron chi connectivity index (χ0n) is 13.5. The second-order valence-corrected chi connectivity index (χ2v) is 6.93. The minimum Gasteiger partial charge on any atom is -0.334 e. The summed E-state index contributed by atoms with van der Waals surface area (Å²) in [5.74, 6) is 1.47. The predicted molar refractivity (Wildman–Crippen MR) is 91.0 cm³/mol. The third-order valence-electron chi connectivity index (χ3n) is 5.12. The first-order valence-electron chi connectivity index (χ1n) is 8.57. The Labute approximate surface area is 136 Å². The molecular weight excluding hydrogens is 286 g/mol. The Morgan fingerprint density at radius 3 is 2.61 bits per heavy atom. The van der Waals surface area contributed by atoms with Gasteiger partial charge in [0, 0.05) is 31.2 Å². The highest BCUT2D eigenvalue weighted by molar-refractivity contribution is 5.82. The number of nitrogens with zero attached hydrogens (tertiary/aromatic N) is 2. The van der Waals surface area contributed by atoms with Gasteiger partial charge in [0.1, 0.15) is 0 Å². The summed E-state index contributed by atoms with van der Waals surface area (Å²) in [5.41, 5.74) is 2.04. The summed E-state index contributed by atoms with van der Waals surface area (Å²) in [5, 5.41) is 4.20. The number of para-hydroxylation sites is 1. The molecule has 4 nitrogen and oxygen atoms in total. The van der Waals surface area contributed by atoms with Crippen LogP contribution in [0.15, 0.2) is 36.5 Å². The van der Waals surface area contributed by atoms with Gasteiger partial charge in [-0.25, -0.2) is 4.79 Å². The lowest BCUT2D eigenvalue weighted by molar-refractivity contribution is 0.174. The first-order chi connectivity index (χ1) is 11.2. The van der Waals surface area contributed by atoms with Gasteiger partial charge >= 0.3 is 6.03 Å². The van der Waals surface area contributed by atoms with E-state index < -0.39 is 0 Å².